The third kappa shape index (κ3) is 2.94. The summed E-state index contributed by atoms with van der Waals surface area (Å²) in [5, 5.41) is 1.84. The topological polar surface area (TPSA) is 25.4 Å². The van der Waals surface area contributed by atoms with Crippen LogP contribution >= 0.6 is 27.5 Å². The maximum Gasteiger partial charge on any atom is 0.152 e. The van der Waals surface area contributed by atoms with Crippen LogP contribution in [0.1, 0.15) is 11.1 Å². The van der Waals surface area contributed by atoms with Gasteiger partial charge in [-0.05, 0) is 29.8 Å². The van der Waals surface area contributed by atoms with Crippen LogP contribution in [0.2, 0.25) is 5.02 Å². The Morgan fingerprint density at radius 3 is 2.87 bits per heavy atom. The Morgan fingerprint density at radius 2 is 2.04 bits per heavy atom. The van der Waals surface area contributed by atoms with Gasteiger partial charge in [-0.1, -0.05) is 45.7 Å². The van der Waals surface area contributed by atoms with Gasteiger partial charge in [0.15, 0.2) is 5.75 Å². The quantitative estimate of drug-likeness (QED) is 0.616. The van der Waals surface area contributed by atoms with Gasteiger partial charge in [-0.3, -0.25) is 9.88 Å². The van der Waals surface area contributed by atoms with Gasteiger partial charge in [-0.2, -0.15) is 0 Å². The molecule has 1 aliphatic rings. The normalized spacial score (nSPS) is 14.5. The molecule has 0 bridgehead atoms. The summed E-state index contributed by atoms with van der Waals surface area (Å²) in [7, 11) is 0. The van der Waals surface area contributed by atoms with Crippen LogP contribution in [0.5, 0.6) is 5.75 Å². The molecular formula is C18H14BrClN2O. The Bertz CT molecular complexity index is 867. The molecule has 0 unspecified atom stereocenters. The molecule has 0 radical (unpaired) electrons. The summed E-state index contributed by atoms with van der Waals surface area (Å²) >= 11 is 9.59. The molecule has 2 heterocycles. The van der Waals surface area contributed by atoms with E-state index in [1.807, 2.05) is 18.2 Å². The van der Waals surface area contributed by atoms with Crippen molar-refractivity contribution in [3.63, 3.8) is 0 Å². The minimum atomic E-state index is 0.558. The molecule has 3 nitrogen and oxygen atoms in total. The van der Waals surface area contributed by atoms with Crippen LogP contribution in [0.4, 0.5) is 0 Å². The predicted molar refractivity (Wildman–Crippen MR) is 95.6 cm³/mol. The second-order valence-corrected chi connectivity index (χ2v) is 6.92. The monoisotopic (exact) mass is 388 g/mol. The Balaban J connectivity index is 1.63. The van der Waals surface area contributed by atoms with E-state index in [1.165, 1.54) is 5.56 Å². The van der Waals surface area contributed by atoms with Crippen LogP contribution in [0.25, 0.3) is 10.9 Å². The van der Waals surface area contributed by atoms with Gasteiger partial charge in [0.1, 0.15) is 12.2 Å². The van der Waals surface area contributed by atoms with Crippen molar-refractivity contribution in [3.05, 3.63) is 69.3 Å². The molecule has 0 saturated heterocycles. The first-order chi connectivity index (χ1) is 11.2. The van der Waals surface area contributed by atoms with Crippen molar-refractivity contribution in [1.82, 2.24) is 9.88 Å². The summed E-state index contributed by atoms with van der Waals surface area (Å²) in [5.41, 5.74) is 3.30. The van der Waals surface area contributed by atoms with E-state index in [9.17, 15) is 0 Å². The number of aromatic nitrogens is 1. The third-order valence-electron chi connectivity index (χ3n) is 3.98. The molecular weight excluding hydrogens is 376 g/mol. The zero-order valence-electron chi connectivity index (χ0n) is 12.3. The smallest absolute Gasteiger partial charge is 0.152 e. The molecule has 23 heavy (non-hydrogen) atoms. The zero-order valence-corrected chi connectivity index (χ0v) is 14.6. The van der Waals surface area contributed by atoms with Crippen molar-refractivity contribution in [2.75, 3.05) is 6.73 Å². The molecule has 0 spiro atoms. The zero-order chi connectivity index (χ0) is 15.8. The predicted octanol–water partition coefficient (Wildman–Crippen LogP) is 5.00. The molecule has 3 aromatic rings. The van der Waals surface area contributed by atoms with Crippen molar-refractivity contribution in [2.24, 2.45) is 0 Å². The summed E-state index contributed by atoms with van der Waals surface area (Å²) < 4.78 is 7.07. The Labute approximate surface area is 148 Å². The maximum absolute atomic E-state index is 6.02. The fourth-order valence-corrected chi connectivity index (χ4v) is 3.62. The average Bonchev–Trinajstić information content (AvgIpc) is 2.57. The molecule has 5 heteroatoms. The lowest BCUT2D eigenvalue weighted by Crippen LogP contribution is -2.31. The van der Waals surface area contributed by atoms with Gasteiger partial charge >= 0.3 is 0 Å². The van der Waals surface area contributed by atoms with Crippen LogP contribution in [0.3, 0.4) is 0 Å². The summed E-state index contributed by atoms with van der Waals surface area (Å²) in [6.07, 6.45) is 1.80. The Kier molecular flexibility index (Phi) is 3.97. The van der Waals surface area contributed by atoms with Gasteiger partial charge in [-0.15, -0.1) is 0 Å². The largest absolute Gasteiger partial charge is 0.475 e. The van der Waals surface area contributed by atoms with E-state index in [4.69, 9.17) is 16.3 Å². The number of nitrogens with zero attached hydrogens (tertiary/aromatic N) is 2. The van der Waals surface area contributed by atoms with E-state index in [2.05, 4.69) is 50.1 Å². The molecule has 116 valence electrons. The highest BCUT2D eigenvalue weighted by Gasteiger charge is 2.21. The van der Waals surface area contributed by atoms with Crippen LogP contribution in [-0.2, 0) is 13.1 Å². The maximum atomic E-state index is 6.02. The first-order valence-corrected chi connectivity index (χ1v) is 8.53. The molecule has 0 N–H and O–H groups in total. The molecule has 0 fully saturated rings. The summed E-state index contributed by atoms with van der Waals surface area (Å²) in [5.74, 6) is 0.899. The standard InChI is InChI=1S/C18H14BrClN2O/c19-16-8-13-10-22(9-12-3-5-14(20)6-4-12)11-23-18(13)17-15(16)2-1-7-21-17/h1-8H,9-11H2. The minimum Gasteiger partial charge on any atom is -0.475 e. The second-order valence-electron chi connectivity index (χ2n) is 5.63. The van der Waals surface area contributed by atoms with E-state index in [0.717, 1.165) is 44.8 Å². The average molecular weight is 390 g/mol. The number of hydrogen-bond donors (Lipinski definition) is 0. The highest BCUT2D eigenvalue weighted by Crippen LogP contribution is 2.37. The van der Waals surface area contributed by atoms with Crippen molar-refractivity contribution >= 4 is 38.4 Å². The van der Waals surface area contributed by atoms with Crippen molar-refractivity contribution in [3.8, 4) is 5.75 Å². The van der Waals surface area contributed by atoms with Gasteiger partial charge in [-0.25, -0.2) is 0 Å². The molecule has 4 rings (SSSR count). The van der Waals surface area contributed by atoms with Crippen LogP contribution < -0.4 is 4.74 Å². The van der Waals surface area contributed by atoms with E-state index in [0.29, 0.717) is 6.73 Å². The lowest BCUT2D eigenvalue weighted by Gasteiger charge is -2.29. The molecule has 0 saturated carbocycles. The first kappa shape index (κ1) is 14.9. The van der Waals surface area contributed by atoms with Gasteiger partial charge < -0.3 is 4.74 Å². The number of fused-ring (bicyclic) bond motifs is 3. The van der Waals surface area contributed by atoms with Crippen LogP contribution in [0, 0.1) is 0 Å². The van der Waals surface area contributed by atoms with Crippen molar-refractivity contribution in [1.29, 1.82) is 0 Å². The number of pyridine rings is 1. The molecule has 1 aromatic heterocycles. The fourth-order valence-electron chi connectivity index (χ4n) is 2.90. The van der Waals surface area contributed by atoms with Crippen LogP contribution in [0.15, 0.2) is 53.1 Å². The molecule has 0 aliphatic carbocycles. The summed E-state index contributed by atoms with van der Waals surface area (Å²) in [6, 6.07) is 14.1. The van der Waals surface area contributed by atoms with E-state index >= 15 is 0 Å². The lowest BCUT2D eigenvalue weighted by molar-refractivity contribution is 0.0901. The number of rotatable bonds is 2. The third-order valence-corrected chi connectivity index (χ3v) is 4.89. The summed E-state index contributed by atoms with van der Waals surface area (Å²) in [4.78, 5) is 6.74. The Hall–Kier alpha value is -1.62. The van der Waals surface area contributed by atoms with E-state index < -0.39 is 0 Å². The molecule has 2 aromatic carbocycles. The highest BCUT2D eigenvalue weighted by atomic mass is 79.9. The minimum absolute atomic E-state index is 0.558. The Morgan fingerprint density at radius 1 is 1.22 bits per heavy atom. The van der Waals surface area contributed by atoms with Gasteiger partial charge in [0.2, 0.25) is 0 Å². The number of hydrogen-bond acceptors (Lipinski definition) is 3. The van der Waals surface area contributed by atoms with Crippen molar-refractivity contribution in [2.45, 2.75) is 13.1 Å². The number of ether oxygens (including phenoxy) is 1. The summed E-state index contributed by atoms with van der Waals surface area (Å²) in [6.45, 7) is 2.22. The number of benzene rings is 2. The molecule has 0 atom stereocenters. The number of halogens is 2. The lowest BCUT2D eigenvalue weighted by atomic mass is 10.1. The van der Waals surface area contributed by atoms with E-state index in [-0.39, 0.29) is 0 Å². The second kappa shape index (κ2) is 6.11. The van der Waals surface area contributed by atoms with Gasteiger partial charge in [0.25, 0.3) is 0 Å². The van der Waals surface area contributed by atoms with E-state index in [1.54, 1.807) is 6.20 Å². The first-order valence-electron chi connectivity index (χ1n) is 7.36. The van der Waals surface area contributed by atoms with Gasteiger partial charge in [0, 0.05) is 39.7 Å². The van der Waals surface area contributed by atoms with Crippen molar-refractivity contribution < 1.29 is 4.74 Å². The fraction of sp³-hybridized carbons (Fsp3) is 0.167. The SMILES string of the molecule is Clc1ccc(CN2COc3c(cc(Br)c4cccnc34)C2)cc1. The highest BCUT2D eigenvalue weighted by molar-refractivity contribution is 9.10. The molecule has 1 aliphatic heterocycles. The molecule has 0 amide bonds. The van der Waals surface area contributed by atoms with Crippen LogP contribution in [-0.4, -0.2) is 16.6 Å². The van der Waals surface area contributed by atoms with Gasteiger partial charge in [0.05, 0.1) is 0 Å².